The predicted octanol–water partition coefficient (Wildman–Crippen LogP) is 3.65. The first-order chi connectivity index (χ1) is 10.8. The molecular formula is C19H14N2O. The van der Waals surface area contributed by atoms with Crippen molar-refractivity contribution in [3.8, 4) is 6.07 Å². The Labute approximate surface area is 129 Å². The fourth-order valence-electron chi connectivity index (χ4n) is 2.45. The molecule has 0 bridgehead atoms. The molecule has 1 heterocycles. The summed E-state index contributed by atoms with van der Waals surface area (Å²) in [5.41, 5.74) is 2.65. The number of anilines is 1. The van der Waals surface area contributed by atoms with Gasteiger partial charge in [0.15, 0.2) is 0 Å². The third-order valence-electron chi connectivity index (χ3n) is 3.52. The summed E-state index contributed by atoms with van der Waals surface area (Å²) in [5, 5.41) is 9.30. The molecule has 3 heteroatoms. The molecular weight excluding hydrogens is 272 g/mol. The molecule has 0 saturated heterocycles. The SMILES string of the molecule is N#CC1C=Cc2ccccc2N1C(=O)/C=C/c1ccccc1. The maximum atomic E-state index is 12.6. The van der Waals surface area contributed by atoms with Crippen LogP contribution in [0, 0.1) is 11.3 Å². The van der Waals surface area contributed by atoms with Crippen molar-refractivity contribution in [2.75, 3.05) is 4.90 Å². The molecule has 0 aromatic heterocycles. The van der Waals surface area contributed by atoms with Gasteiger partial charge in [0.2, 0.25) is 0 Å². The molecule has 1 aliphatic rings. The topological polar surface area (TPSA) is 44.1 Å². The van der Waals surface area contributed by atoms with Crippen molar-refractivity contribution < 1.29 is 4.79 Å². The third kappa shape index (κ3) is 2.68. The maximum Gasteiger partial charge on any atom is 0.252 e. The van der Waals surface area contributed by atoms with Crippen molar-refractivity contribution >= 4 is 23.7 Å². The van der Waals surface area contributed by atoms with Gasteiger partial charge in [0.05, 0.1) is 11.8 Å². The highest BCUT2D eigenvalue weighted by atomic mass is 16.2. The summed E-state index contributed by atoms with van der Waals surface area (Å²) in [6.45, 7) is 0. The zero-order valence-electron chi connectivity index (χ0n) is 11.9. The van der Waals surface area contributed by atoms with Gasteiger partial charge in [0.1, 0.15) is 6.04 Å². The molecule has 3 rings (SSSR count). The zero-order valence-corrected chi connectivity index (χ0v) is 11.9. The van der Waals surface area contributed by atoms with Crippen LogP contribution in [0.1, 0.15) is 11.1 Å². The number of carbonyl (C=O) groups is 1. The Morgan fingerprint density at radius 3 is 2.59 bits per heavy atom. The van der Waals surface area contributed by atoms with E-state index in [9.17, 15) is 10.1 Å². The molecule has 2 aromatic carbocycles. The molecule has 0 spiro atoms. The van der Waals surface area contributed by atoms with E-state index in [1.807, 2.05) is 60.7 Å². The first-order valence-corrected chi connectivity index (χ1v) is 7.03. The van der Waals surface area contributed by atoms with Crippen LogP contribution in [0.2, 0.25) is 0 Å². The van der Waals surface area contributed by atoms with E-state index in [4.69, 9.17) is 0 Å². The standard InChI is InChI=1S/C19H14N2O/c20-14-17-12-11-16-8-4-5-9-18(16)21(17)19(22)13-10-15-6-2-1-3-7-15/h1-13,17H/b13-10+. The Morgan fingerprint density at radius 1 is 1.09 bits per heavy atom. The van der Waals surface area contributed by atoms with E-state index < -0.39 is 6.04 Å². The van der Waals surface area contributed by atoms with Crippen molar-refractivity contribution in [3.63, 3.8) is 0 Å². The second-order valence-electron chi connectivity index (χ2n) is 4.94. The van der Waals surface area contributed by atoms with Crippen LogP contribution in [0.5, 0.6) is 0 Å². The second kappa shape index (κ2) is 6.11. The minimum atomic E-state index is -0.581. The van der Waals surface area contributed by atoms with Crippen LogP contribution in [-0.2, 0) is 4.79 Å². The summed E-state index contributed by atoms with van der Waals surface area (Å²) < 4.78 is 0. The Morgan fingerprint density at radius 2 is 1.82 bits per heavy atom. The molecule has 1 aliphatic heterocycles. The van der Waals surface area contributed by atoms with Gasteiger partial charge in [0, 0.05) is 6.08 Å². The summed E-state index contributed by atoms with van der Waals surface area (Å²) in [6.07, 6.45) is 6.90. The van der Waals surface area contributed by atoms with Crippen LogP contribution in [0.3, 0.4) is 0 Å². The number of hydrogen-bond donors (Lipinski definition) is 0. The first-order valence-electron chi connectivity index (χ1n) is 7.03. The fraction of sp³-hybridized carbons (Fsp3) is 0.0526. The summed E-state index contributed by atoms with van der Waals surface area (Å²) in [4.78, 5) is 14.1. The molecule has 0 saturated carbocycles. The Hall–Kier alpha value is -3.12. The molecule has 0 radical (unpaired) electrons. The lowest BCUT2D eigenvalue weighted by molar-refractivity contribution is -0.114. The van der Waals surface area contributed by atoms with E-state index in [0.29, 0.717) is 0 Å². The summed E-state index contributed by atoms with van der Waals surface area (Å²) in [6, 6.07) is 18.8. The summed E-state index contributed by atoms with van der Waals surface area (Å²) in [7, 11) is 0. The molecule has 0 fully saturated rings. The number of para-hydroxylation sites is 1. The van der Waals surface area contributed by atoms with Crippen LogP contribution < -0.4 is 4.90 Å². The Bertz CT molecular complexity index is 785. The van der Waals surface area contributed by atoms with Gasteiger partial charge in [-0.2, -0.15) is 5.26 Å². The normalized spacial score (nSPS) is 16.3. The van der Waals surface area contributed by atoms with Crippen LogP contribution in [-0.4, -0.2) is 11.9 Å². The van der Waals surface area contributed by atoms with Crippen LogP contribution in [0.15, 0.2) is 66.7 Å². The van der Waals surface area contributed by atoms with Crippen LogP contribution >= 0.6 is 0 Å². The van der Waals surface area contributed by atoms with Gasteiger partial charge >= 0.3 is 0 Å². The van der Waals surface area contributed by atoms with Crippen molar-refractivity contribution in [3.05, 3.63) is 77.9 Å². The smallest absolute Gasteiger partial charge is 0.252 e. The number of fused-ring (bicyclic) bond motifs is 1. The molecule has 0 aliphatic carbocycles. The molecule has 106 valence electrons. The largest absolute Gasteiger partial charge is 0.288 e. The average molecular weight is 286 g/mol. The van der Waals surface area contributed by atoms with Gasteiger partial charge in [-0.05, 0) is 29.3 Å². The highest BCUT2D eigenvalue weighted by Crippen LogP contribution is 2.29. The zero-order chi connectivity index (χ0) is 15.4. The maximum absolute atomic E-state index is 12.6. The Balaban J connectivity index is 1.92. The molecule has 1 unspecified atom stereocenters. The van der Waals surface area contributed by atoms with Crippen LogP contribution in [0.25, 0.3) is 12.2 Å². The molecule has 3 nitrogen and oxygen atoms in total. The lowest BCUT2D eigenvalue weighted by Crippen LogP contribution is -2.39. The van der Waals surface area contributed by atoms with Gasteiger partial charge in [-0.15, -0.1) is 0 Å². The lowest BCUT2D eigenvalue weighted by Gasteiger charge is -2.29. The molecule has 1 amide bonds. The van der Waals surface area contributed by atoms with E-state index in [-0.39, 0.29) is 5.91 Å². The van der Waals surface area contributed by atoms with Crippen molar-refractivity contribution in [2.45, 2.75) is 6.04 Å². The molecule has 0 N–H and O–H groups in total. The van der Waals surface area contributed by atoms with Gasteiger partial charge in [-0.25, -0.2) is 0 Å². The van der Waals surface area contributed by atoms with Crippen LogP contribution in [0.4, 0.5) is 5.69 Å². The number of nitriles is 1. The quantitative estimate of drug-likeness (QED) is 0.791. The highest BCUT2D eigenvalue weighted by molar-refractivity contribution is 6.06. The average Bonchev–Trinajstić information content (AvgIpc) is 2.59. The van der Waals surface area contributed by atoms with E-state index in [0.717, 1.165) is 16.8 Å². The van der Waals surface area contributed by atoms with Gasteiger partial charge in [-0.3, -0.25) is 9.69 Å². The second-order valence-corrected chi connectivity index (χ2v) is 4.94. The predicted molar refractivity (Wildman–Crippen MR) is 87.8 cm³/mol. The summed E-state index contributed by atoms with van der Waals surface area (Å²) >= 11 is 0. The minimum absolute atomic E-state index is 0.202. The van der Waals surface area contributed by atoms with Crippen molar-refractivity contribution in [1.29, 1.82) is 5.26 Å². The molecule has 2 aromatic rings. The van der Waals surface area contributed by atoms with E-state index in [1.165, 1.54) is 11.0 Å². The number of carbonyl (C=O) groups excluding carboxylic acids is 1. The van der Waals surface area contributed by atoms with E-state index in [2.05, 4.69) is 6.07 Å². The van der Waals surface area contributed by atoms with E-state index in [1.54, 1.807) is 12.2 Å². The minimum Gasteiger partial charge on any atom is -0.288 e. The fourth-order valence-corrected chi connectivity index (χ4v) is 2.45. The third-order valence-corrected chi connectivity index (χ3v) is 3.52. The highest BCUT2D eigenvalue weighted by Gasteiger charge is 2.26. The first kappa shape index (κ1) is 13.8. The van der Waals surface area contributed by atoms with E-state index >= 15 is 0 Å². The number of benzene rings is 2. The Kier molecular flexibility index (Phi) is 3.84. The monoisotopic (exact) mass is 286 g/mol. The number of hydrogen-bond acceptors (Lipinski definition) is 2. The van der Waals surface area contributed by atoms with Gasteiger partial charge < -0.3 is 0 Å². The molecule has 22 heavy (non-hydrogen) atoms. The summed E-state index contributed by atoms with van der Waals surface area (Å²) in [5.74, 6) is -0.202. The van der Waals surface area contributed by atoms with Crippen molar-refractivity contribution in [1.82, 2.24) is 0 Å². The van der Waals surface area contributed by atoms with Gasteiger partial charge in [0.25, 0.3) is 5.91 Å². The number of rotatable bonds is 2. The van der Waals surface area contributed by atoms with Gasteiger partial charge in [-0.1, -0.05) is 54.6 Å². The number of amides is 1. The number of nitrogens with zero attached hydrogens (tertiary/aromatic N) is 2. The lowest BCUT2D eigenvalue weighted by atomic mass is 10.0. The van der Waals surface area contributed by atoms with Crippen molar-refractivity contribution in [2.24, 2.45) is 0 Å². The molecule has 1 atom stereocenters.